The molecule has 1 aliphatic heterocycles. The first kappa shape index (κ1) is 19.3. The average molecular weight is 370 g/mol. The summed E-state index contributed by atoms with van der Waals surface area (Å²) in [5, 5.41) is 19.1. The van der Waals surface area contributed by atoms with Crippen molar-refractivity contribution in [3.8, 4) is 11.1 Å². The molecule has 0 spiro atoms. The normalized spacial score (nSPS) is 20.1. The molecule has 0 unspecified atom stereocenters. The second-order valence-electron chi connectivity index (χ2n) is 6.99. The Morgan fingerprint density at radius 1 is 1.26 bits per heavy atom. The molecule has 0 radical (unpaired) electrons. The van der Waals surface area contributed by atoms with Crippen molar-refractivity contribution in [2.24, 2.45) is 0 Å². The van der Waals surface area contributed by atoms with Gasteiger partial charge in [-0.05, 0) is 54.3 Å². The first-order valence-electron chi connectivity index (χ1n) is 8.94. The van der Waals surface area contributed by atoms with Crippen LogP contribution in [0.25, 0.3) is 17.2 Å². The third kappa shape index (κ3) is 4.43. The lowest BCUT2D eigenvalue weighted by atomic mass is 9.92. The Hall–Kier alpha value is -2.50. The molecule has 4 nitrogen and oxygen atoms in total. The van der Waals surface area contributed by atoms with Gasteiger partial charge in [0.15, 0.2) is 0 Å². The minimum atomic E-state index is -0.691. The highest BCUT2D eigenvalue weighted by Crippen LogP contribution is 2.31. The Labute approximate surface area is 157 Å². The van der Waals surface area contributed by atoms with Crippen LogP contribution in [0.1, 0.15) is 35.1 Å². The number of ether oxygens (including phenoxy) is 1. The van der Waals surface area contributed by atoms with E-state index < -0.39 is 24.0 Å². The predicted octanol–water partition coefficient (Wildman–Crippen LogP) is 3.68. The van der Waals surface area contributed by atoms with Gasteiger partial charge in [0.25, 0.3) is 0 Å². The molecule has 2 aromatic rings. The first-order chi connectivity index (χ1) is 12.9. The zero-order valence-corrected chi connectivity index (χ0v) is 15.4. The van der Waals surface area contributed by atoms with Gasteiger partial charge in [-0.15, -0.1) is 0 Å². The van der Waals surface area contributed by atoms with Crippen molar-refractivity contribution in [1.82, 2.24) is 0 Å². The summed E-state index contributed by atoms with van der Waals surface area (Å²) in [5.74, 6) is -0.846. The number of aryl methyl sites for hydroxylation is 2. The summed E-state index contributed by atoms with van der Waals surface area (Å²) in [6.45, 7) is 3.60. The molecule has 27 heavy (non-hydrogen) atoms. The van der Waals surface area contributed by atoms with Gasteiger partial charge in [0.1, 0.15) is 11.9 Å². The number of esters is 1. The van der Waals surface area contributed by atoms with Crippen LogP contribution in [0.15, 0.2) is 36.4 Å². The highest BCUT2D eigenvalue weighted by molar-refractivity contribution is 5.78. The molecule has 0 saturated carbocycles. The largest absolute Gasteiger partial charge is 0.458 e. The van der Waals surface area contributed by atoms with E-state index in [1.807, 2.05) is 32.1 Å². The van der Waals surface area contributed by atoms with Crippen LogP contribution in [0.3, 0.4) is 0 Å². The summed E-state index contributed by atoms with van der Waals surface area (Å²) in [7, 11) is 0. The van der Waals surface area contributed by atoms with Gasteiger partial charge >= 0.3 is 5.97 Å². The maximum absolute atomic E-state index is 13.8. The molecule has 2 atom stereocenters. The second-order valence-corrected chi connectivity index (χ2v) is 6.99. The Balaban J connectivity index is 2.00. The highest BCUT2D eigenvalue weighted by atomic mass is 19.1. The van der Waals surface area contributed by atoms with Crippen LogP contribution < -0.4 is 0 Å². The molecule has 2 N–H and O–H groups in total. The van der Waals surface area contributed by atoms with Crippen molar-refractivity contribution in [2.75, 3.05) is 0 Å². The fraction of sp³-hybridized carbons (Fsp3) is 0.318. The van der Waals surface area contributed by atoms with Crippen LogP contribution >= 0.6 is 0 Å². The Kier molecular flexibility index (Phi) is 5.73. The Bertz CT molecular complexity index is 888. The molecule has 0 amide bonds. The van der Waals surface area contributed by atoms with Crippen LogP contribution in [0, 0.1) is 19.7 Å². The summed E-state index contributed by atoms with van der Waals surface area (Å²) in [6.07, 6.45) is 2.88. The van der Waals surface area contributed by atoms with Crippen molar-refractivity contribution < 1.29 is 24.1 Å². The summed E-state index contributed by atoms with van der Waals surface area (Å²) < 4.78 is 19.0. The molecule has 1 saturated heterocycles. The third-order valence-corrected chi connectivity index (χ3v) is 4.73. The molecule has 1 aliphatic rings. The van der Waals surface area contributed by atoms with Gasteiger partial charge in [-0.2, -0.15) is 0 Å². The molecule has 142 valence electrons. The molecular weight excluding hydrogens is 347 g/mol. The Morgan fingerprint density at radius 3 is 2.74 bits per heavy atom. The summed E-state index contributed by atoms with van der Waals surface area (Å²) >= 11 is 0. The van der Waals surface area contributed by atoms with E-state index in [2.05, 4.69) is 0 Å². The molecule has 1 heterocycles. The van der Waals surface area contributed by atoms with E-state index in [-0.39, 0.29) is 18.6 Å². The lowest BCUT2D eigenvalue weighted by molar-refractivity contribution is -0.156. The van der Waals surface area contributed by atoms with Crippen LogP contribution in [0.2, 0.25) is 0 Å². The molecular formula is C22H23FO4. The zero-order chi connectivity index (χ0) is 19.6. The maximum Gasteiger partial charge on any atom is 0.309 e. The Morgan fingerprint density at radius 2 is 2.04 bits per heavy atom. The number of carbonyl (C=O) groups excluding carboxylic acids is 1. The summed E-state index contributed by atoms with van der Waals surface area (Å²) in [4.78, 5) is 11.5. The number of aliphatic hydroxyl groups excluding tert-OH is 2. The van der Waals surface area contributed by atoms with Gasteiger partial charge in [-0.3, -0.25) is 4.79 Å². The SMILES string of the molecule is Cc1cc(C)c(/C=C/[C@@H]2C[C@@H](O)CC(=O)O2)c(-c2ccc(F)c(CO)c2)c1. The molecule has 2 aromatic carbocycles. The summed E-state index contributed by atoms with van der Waals surface area (Å²) in [5.41, 5.74) is 4.96. The number of halogens is 1. The fourth-order valence-corrected chi connectivity index (χ4v) is 3.43. The van der Waals surface area contributed by atoms with Gasteiger partial charge in [-0.1, -0.05) is 29.8 Å². The molecule has 3 rings (SSSR count). The second kappa shape index (κ2) is 8.03. The molecule has 0 aromatic heterocycles. The lowest BCUT2D eigenvalue weighted by Crippen LogP contribution is -2.31. The number of carbonyl (C=O) groups is 1. The minimum absolute atomic E-state index is 0.0265. The number of aliphatic hydroxyl groups is 2. The van der Waals surface area contributed by atoms with E-state index in [4.69, 9.17) is 4.74 Å². The van der Waals surface area contributed by atoms with Gasteiger partial charge in [0.05, 0.1) is 19.1 Å². The van der Waals surface area contributed by atoms with E-state index in [1.54, 1.807) is 18.2 Å². The van der Waals surface area contributed by atoms with Crippen LogP contribution in [0.4, 0.5) is 4.39 Å². The van der Waals surface area contributed by atoms with E-state index in [0.717, 1.165) is 27.8 Å². The minimum Gasteiger partial charge on any atom is -0.458 e. The number of hydrogen-bond acceptors (Lipinski definition) is 4. The fourth-order valence-electron chi connectivity index (χ4n) is 3.43. The van der Waals surface area contributed by atoms with Crippen LogP contribution in [-0.4, -0.2) is 28.4 Å². The topological polar surface area (TPSA) is 66.8 Å². The van der Waals surface area contributed by atoms with E-state index in [9.17, 15) is 19.4 Å². The van der Waals surface area contributed by atoms with Gasteiger partial charge in [-0.25, -0.2) is 4.39 Å². The molecule has 5 heteroatoms. The molecule has 0 aliphatic carbocycles. The monoisotopic (exact) mass is 370 g/mol. The van der Waals surface area contributed by atoms with Gasteiger partial charge < -0.3 is 14.9 Å². The van der Waals surface area contributed by atoms with Crippen molar-refractivity contribution in [3.05, 3.63) is 64.5 Å². The number of hydrogen-bond donors (Lipinski definition) is 2. The van der Waals surface area contributed by atoms with Crippen molar-refractivity contribution >= 4 is 12.0 Å². The van der Waals surface area contributed by atoms with Gasteiger partial charge in [0.2, 0.25) is 0 Å². The predicted molar refractivity (Wildman–Crippen MR) is 101 cm³/mol. The molecule has 0 bridgehead atoms. The van der Waals surface area contributed by atoms with E-state index in [1.165, 1.54) is 6.07 Å². The smallest absolute Gasteiger partial charge is 0.309 e. The van der Waals surface area contributed by atoms with E-state index >= 15 is 0 Å². The number of cyclic esters (lactones) is 1. The van der Waals surface area contributed by atoms with E-state index in [0.29, 0.717) is 6.42 Å². The zero-order valence-electron chi connectivity index (χ0n) is 15.4. The lowest BCUT2D eigenvalue weighted by Gasteiger charge is -2.23. The maximum atomic E-state index is 13.8. The number of rotatable bonds is 4. The number of benzene rings is 2. The van der Waals surface area contributed by atoms with Crippen molar-refractivity contribution in [3.63, 3.8) is 0 Å². The first-order valence-corrected chi connectivity index (χ1v) is 8.94. The van der Waals surface area contributed by atoms with Crippen molar-refractivity contribution in [1.29, 1.82) is 0 Å². The van der Waals surface area contributed by atoms with Crippen LogP contribution in [-0.2, 0) is 16.1 Å². The van der Waals surface area contributed by atoms with Crippen LogP contribution in [0.5, 0.6) is 0 Å². The van der Waals surface area contributed by atoms with Gasteiger partial charge in [0, 0.05) is 12.0 Å². The molecule has 1 fully saturated rings. The third-order valence-electron chi connectivity index (χ3n) is 4.73. The highest BCUT2D eigenvalue weighted by Gasteiger charge is 2.25. The summed E-state index contributed by atoms with van der Waals surface area (Å²) in [6, 6.07) is 8.73. The quantitative estimate of drug-likeness (QED) is 0.806. The standard InChI is InChI=1S/C22H23FO4/c1-13-7-14(2)19(5-4-18-10-17(25)11-22(26)27-18)20(8-13)15-3-6-21(23)16(9-15)12-24/h3-9,17-18,24-25H,10-12H2,1-2H3/b5-4+/t17-,18-/m1/s1. The van der Waals surface area contributed by atoms with Crippen molar-refractivity contribution in [2.45, 2.75) is 45.5 Å². The average Bonchev–Trinajstić information content (AvgIpc) is 2.60.